The standard InChI is InChI=1S/C10H9.C2H4.2ClH.Zr/c1-8-6-9-4-2-3-5-10(9)7-8;1-2;;;/h2-7H,1H3;1-2H2;2*1H;/q-1;;;;+3/p-2. The van der Waals surface area contributed by atoms with Gasteiger partial charge in [0.15, 0.2) is 0 Å². The van der Waals surface area contributed by atoms with Gasteiger partial charge in [0.05, 0.1) is 0 Å². The van der Waals surface area contributed by atoms with E-state index in [2.05, 4.69) is 56.5 Å². The van der Waals surface area contributed by atoms with Crippen LogP contribution in [0.5, 0.6) is 0 Å². The summed E-state index contributed by atoms with van der Waals surface area (Å²) in [6, 6.07) is 12.8. The minimum atomic E-state index is 0. The van der Waals surface area contributed by atoms with E-state index >= 15 is 0 Å². The molecule has 0 aromatic heterocycles. The molecule has 2 aromatic rings. The van der Waals surface area contributed by atoms with Crippen LogP contribution < -0.4 is 24.8 Å². The molecule has 0 spiro atoms. The topological polar surface area (TPSA) is 0 Å². The Morgan fingerprint density at radius 1 is 1.07 bits per heavy atom. The van der Waals surface area contributed by atoms with Gasteiger partial charge in [0, 0.05) is 0 Å². The van der Waals surface area contributed by atoms with Gasteiger partial charge in [-0.15, -0.1) is 53.8 Å². The van der Waals surface area contributed by atoms with E-state index in [1.54, 1.807) is 0 Å². The maximum absolute atomic E-state index is 3.00. The van der Waals surface area contributed by atoms with Gasteiger partial charge >= 0.3 is 26.2 Å². The monoisotopic (exact) mass is 317 g/mol. The van der Waals surface area contributed by atoms with Crippen molar-refractivity contribution in [2.75, 3.05) is 0 Å². The van der Waals surface area contributed by atoms with Gasteiger partial charge in [-0.25, -0.2) is 0 Å². The summed E-state index contributed by atoms with van der Waals surface area (Å²) in [6.45, 7) is 8.12. The number of benzene rings is 1. The number of hydrogen-bond donors (Lipinski definition) is 0. The first-order valence-corrected chi connectivity index (χ1v) is 3.98. The molecule has 15 heavy (non-hydrogen) atoms. The Hall–Kier alpha value is 0.0331. The summed E-state index contributed by atoms with van der Waals surface area (Å²) in [7, 11) is 0. The fourth-order valence-corrected chi connectivity index (χ4v) is 1.31. The van der Waals surface area contributed by atoms with Crippen molar-refractivity contribution < 1.29 is 51.0 Å². The van der Waals surface area contributed by atoms with Crippen LogP contribution in [0.4, 0.5) is 0 Å². The van der Waals surface area contributed by atoms with E-state index < -0.39 is 0 Å². The zero-order valence-corrected chi connectivity index (χ0v) is 12.6. The first-order valence-electron chi connectivity index (χ1n) is 3.98. The largest absolute Gasteiger partial charge is 3.00 e. The molecule has 0 heterocycles. The van der Waals surface area contributed by atoms with Gasteiger partial charge in [0.1, 0.15) is 0 Å². The molecule has 0 nitrogen and oxygen atoms in total. The second-order valence-electron chi connectivity index (χ2n) is 2.66. The van der Waals surface area contributed by atoms with Gasteiger partial charge in [0.2, 0.25) is 0 Å². The molecule has 0 amide bonds. The minimum Gasteiger partial charge on any atom is -1.00 e. The maximum Gasteiger partial charge on any atom is 3.00 e. The van der Waals surface area contributed by atoms with E-state index in [-0.39, 0.29) is 51.0 Å². The second kappa shape index (κ2) is 10.5. The van der Waals surface area contributed by atoms with Crippen LogP contribution in [-0.4, -0.2) is 0 Å². The fraction of sp³-hybridized carbons (Fsp3) is 0.0833. The van der Waals surface area contributed by atoms with E-state index in [0.717, 1.165) is 0 Å². The van der Waals surface area contributed by atoms with E-state index in [1.165, 1.54) is 16.3 Å². The number of halogens is 2. The second-order valence-corrected chi connectivity index (χ2v) is 2.66. The van der Waals surface area contributed by atoms with Gasteiger partial charge < -0.3 is 24.8 Å². The van der Waals surface area contributed by atoms with Gasteiger partial charge in [0.25, 0.3) is 0 Å². The summed E-state index contributed by atoms with van der Waals surface area (Å²) in [5.74, 6) is 0. The Balaban J connectivity index is -0.000000273. The Bertz CT molecular complexity index is 335. The van der Waals surface area contributed by atoms with Crippen molar-refractivity contribution in [3.05, 3.63) is 55.1 Å². The van der Waals surface area contributed by atoms with Crippen molar-refractivity contribution in [3.8, 4) is 0 Å². The number of rotatable bonds is 0. The summed E-state index contributed by atoms with van der Waals surface area (Å²) in [5, 5.41) is 2.69. The van der Waals surface area contributed by atoms with Crippen molar-refractivity contribution in [3.63, 3.8) is 0 Å². The minimum absolute atomic E-state index is 0. The van der Waals surface area contributed by atoms with Gasteiger partial charge in [-0.3, -0.25) is 0 Å². The molecule has 0 aliphatic heterocycles. The van der Waals surface area contributed by atoms with Crippen LogP contribution in [0, 0.1) is 6.92 Å². The Labute approximate surface area is 123 Å². The number of hydrogen-bond acceptors (Lipinski definition) is 0. The first kappa shape index (κ1) is 20.4. The smallest absolute Gasteiger partial charge is 1.00 e. The molecule has 1 radical (unpaired) electrons. The van der Waals surface area contributed by atoms with Crippen molar-refractivity contribution in [2.24, 2.45) is 0 Å². The van der Waals surface area contributed by atoms with Crippen LogP contribution in [0.25, 0.3) is 10.8 Å². The first-order chi connectivity index (χ1) is 5.86. The number of aryl methyl sites for hydroxylation is 1. The molecule has 2 aromatic carbocycles. The molecule has 0 N–H and O–H groups in total. The normalized spacial score (nSPS) is 7.27. The van der Waals surface area contributed by atoms with E-state index in [4.69, 9.17) is 0 Å². The number of fused-ring (bicyclic) bond motifs is 1. The van der Waals surface area contributed by atoms with E-state index in [0.29, 0.717) is 0 Å². The van der Waals surface area contributed by atoms with Crippen LogP contribution in [-0.2, 0) is 26.2 Å². The zero-order valence-electron chi connectivity index (χ0n) is 8.63. The summed E-state index contributed by atoms with van der Waals surface area (Å²) >= 11 is 0. The predicted molar refractivity (Wildman–Crippen MR) is 55.5 cm³/mol. The van der Waals surface area contributed by atoms with Crippen molar-refractivity contribution >= 4 is 10.8 Å². The molecule has 0 aliphatic rings. The predicted octanol–water partition coefficient (Wildman–Crippen LogP) is -2.33. The summed E-state index contributed by atoms with van der Waals surface area (Å²) < 4.78 is 0. The molecule has 0 atom stereocenters. The van der Waals surface area contributed by atoms with E-state index in [9.17, 15) is 0 Å². The zero-order chi connectivity index (χ0) is 8.97. The molecular formula is C12H13Cl2Zr. The molecule has 3 heteroatoms. The molecule has 0 aliphatic carbocycles. The third kappa shape index (κ3) is 5.61. The molecule has 0 saturated heterocycles. The molecule has 0 unspecified atom stereocenters. The van der Waals surface area contributed by atoms with Gasteiger partial charge in [-0.05, 0) is 0 Å². The Morgan fingerprint density at radius 3 is 2.13 bits per heavy atom. The van der Waals surface area contributed by atoms with Crippen LogP contribution in [0.1, 0.15) is 5.56 Å². The molecular weight excluding hydrogens is 306 g/mol. The van der Waals surface area contributed by atoms with Crippen LogP contribution >= 0.6 is 0 Å². The maximum atomic E-state index is 3.00. The third-order valence-electron chi connectivity index (χ3n) is 1.76. The van der Waals surface area contributed by atoms with Gasteiger partial charge in [-0.2, -0.15) is 6.07 Å². The molecule has 2 rings (SSSR count). The summed E-state index contributed by atoms with van der Waals surface area (Å²) in [5.41, 5.74) is 1.35. The fourth-order valence-electron chi connectivity index (χ4n) is 1.31. The average molecular weight is 319 g/mol. The molecule has 0 fully saturated rings. The van der Waals surface area contributed by atoms with Crippen molar-refractivity contribution in [2.45, 2.75) is 6.92 Å². The van der Waals surface area contributed by atoms with Crippen molar-refractivity contribution in [1.82, 2.24) is 0 Å². The average Bonchev–Trinajstić information content (AvgIpc) is 2.48. The SMILES string of the molecule is C=C.Cc1cc2ccccc2[cH-]1.[Cl-].[Cl-].[Zr+3]. The quantitative estimate of drug-likeness (QED) is 0.378. The molecule has 79 valence electrons. The Kier molecular flexibility index (Phi) is 14.4. The summed E-state index contributed by atoms with van der Waals surface area (Å²) in [4.78, 5) is 0. The molecule has 0 saturated carbocycles. The van der Waals surface area contributed by atoms with Crippen molar-refractivity contribution in [1.29, 1.82) is 0 Å². The van der Waals surface area contributed by atoms with Crippen LogP contribution in [0.3, 0.4) is 0 Å². The van der Waals surface area contributed by atoms with Crippen LogP contribution in [0.15, 0.2) is 49.6 Å². The summed E-state index contributed by atoms with van der Waals surface area (Å²) in [6.07, 6.45) is 0. The third-order valence-corrected chi connectivity index (χ3v) is 1.76. The molecule has 0 bridgehead atoms. The van der Waals surface area contributed by atoms with Gasteiger partial charge in [-0.1, -0.05) is 13.0 Å². The van der Waals surface area contributed by atoms with Crippen LogP contribution in [0.2, 0.25) is 0 Å². The Morgan fingerprint density at radius 2 is 1.60 bits per heavy atom. The van der Waals surface area contributed by atoms with E-state index in [1.807, 2.05) is 0 Å².